The Hall–Kier alpha value is -4.14. The van der Waals surface area contributed by atoms with E-state index < -0.39 is 17.7 Å². The van der Waals surface area contributed by atoms with E-state index in [0.717, 1.165) is 37.2 Å². The molecule has 42 heavy (non-hydrogen) atoms. The lowest BCUT2D eigenvalue weighted by Gasteiger charge is -2.29. The van der Waals surface area contributed by atoms with Gasteiger partial charge >= 0.3 is 0 Å². The van der Waals surface area contributed by atoms with Crippen LogP contribution in [0.2, 0.25) is 0 Å². The van der Waals surface area contributed by atoms with Gasteiger partial charge in [0, 0.05) is 31.7 Å². The van der Waals surface area contributed by atoms with Crippen LogP contribution >= 0.6 is 0 Å². The number of benzene rings is 3. The van der Waals surface area contributed by atoms with E-state index in [0.29, 0.717) is 56.5 Å². The van der Waals surface area contributed by atoms with Gasteiger partial charge in [0.25, 0.3) is 11.7 Å². The molecule has 0 spiro atoms. The van der Waals surface area contributed by atoms with E-state index in [1.807, 2.05) is 67.6 Å². The Labute approximate surface area is 247 Å². The Kier molecular flexibility index (Phi) is 9.90. The van der Waals surface area contributed by atoms with Crippen LogP contribution in [0.15, 0.2) is 84.4 Å². The fourth-order valence-corrected chi connectivity index (χ4v) is 5.34. The Morgan fingerprint density at radius 3 is 2.40 bits per heavy atom. The minimum atomic E-state index is -0.724. The topological polar surface area (TPSA) is 88.5 Å². The van der Waals surface area contributed by atoms with Gasteiger partial charge in [-0.3, -0.25) is 14.5 Å². The van der Waals surface area contributed by atoms with Crippen LogP contribution in [0.5, 0.6) is 11.5 Å². The van der Waals surface area contributed by atoms with Crippen molar-refractivity contribution in [3.63, 3.8) is 0 Å². The molecule has 0 aliphatic carbocycles. The van der Waals surface area contributed by atoms with Gasteiger partial charge in [0.2, 0.25) is 0 Å². The van der Waals surface area contributed by atoms with Gasteiger partial charge in [0.1, 0.15) is 23.9 Å². The lowest BCUT2D eigenvalue weighted by atomic mass is 9.95. The van der Waals surface area contributed by atoms with E-state index in [1.54, 1.807) is 23.1 Å². The smallest absolute Gasteiger partial charge is 0.295 e. The average Bonchev–Trinajstić information content (AvgIpc) is 3.29. The number of hydrogen-bond donors (Lipinski definition) is 1. The molecule has 3 aromatic rings. The molecule has 1 unspecified atom stereocenters. The van der Waals surface area contributed by atoms with E-state index in [9.17, 15) is 14.7 Å². The predicted molar refractivity (Wildman–Crippen MR) is 160 cm³/mol. The lowest BCUT2D eigenvalue weighted by Crippen LogP contribution is -2.38. The summed E-state index contributed by atoms with van der Waals surface area (Å²) in [4.78, 5) is 30.8. The van der Waals surface area contributed by atoms with Crippen LogP contribution in [0.4, 0.5) is 0 Å². The van der Waals surface area contributed by atoms with Crippen molar-refractivity contribution in [3.05, 3.63) is 101 Å². The molecule has 5 rings (SSSR count). The Morgan fingerprint density at radius 2 is 1.67 bits per heavy atom. The average molecular weight is 571 g/mol. The van der Waals surface area contributed by atoms with Crippen LogP contribution in [0.1, 0.15) is 42.5 Å². The third kappa shape index (κ3) is 7.01. The van der Waals surface area contributed by atoms with Gasteiger partial charge in [-0.25, -0.2) is 0 Å². The Morgan fingerprint density at radius 1 is 0.905 bits per heavy atom. The number of ether oxygens (including phenoxy) is 3. The summed E-state index contributed by atoms with van der Waals surface area (Å²) in [5, 5.41) is 11.5. The fraction of sp³-hybridized carbons (Fsp3) is 0.353. The fourth-order valence-electron chi connectivity index (χ4n) is 5.34. The number of nitrogens with zero attached hydrogens (tertiary/aromatic N) is 2. The van der Waals surface area contributed by atoms with Crippen LogP contribution in [0.25, 0.3) is 5.76 Å². The molecular formula is C34H38N2O6. The van der Waals surface area contributed by atoms with Crippen LogP contribution in [-0.4, -0.2) is 72.6 Å². The number of aliphatic hydroxyl groups is 1. The Bertz CT molecular complexity index is 1380. The van der Waals surface area contributed by atoms with Crippen molar-refractivity contribution < 1.29 is 28.9 Å². The van der Waals surface area contributed by atoms with Gasteiger partial charge in [-0.2, -0.15) is 0 Å². The third-order valence-electron chi connectivity index (χ3n) is 7.54. The summed E-state index contributed by atoms with van der Waals surface area (Å²) in [6.45, 7) is 7.26. The van der Waals surface area contributed by atoms with E-state index in [4.69, 9.17) is 14.2 Å². The largest absolute Gasteiger partial charge is 0.507 e. The summed E-state index contributed by atoms with van der Waals surface area (Å²) < 4.78 is 17.2. The molecule has 1 N–H and O–H groups in total. The molecule has 0 bridgehead atoms. The first-order valence-corrected chi connectivity index (χ1v) is 14.6. The maximum atomic E-state index is 13.5. The molecule has 2 fully saturated rings. The first kappa shape index (κ1) is 29.4. The van der Waals surface area contributed by atoms with E-state index in [-0.39, 0.29) is 11.3 Å². The highest BCUT2D eigenvalue weighted by Crippen LogP contribution is 2.40. The van der Waals surface area contributed by atoms with Gasteiger partial charge in [0.15, 0.2) is 0 Å². The summed E-state index contributed by atoms with van der Waals surface area (Å²) >= 11 is 0. The van der Waals surface area contributed by atoms with Crippen LogP contribution < -0.4 is 9.47 Å². The monoisotopic (exact) mass is 570 g/mol. The zero-order valence-electron chi connectivity index (χ0n) is 24.0. The second-order valence-electron chi connectivity index (χ2n) is 10.5. The minimum Gasteiger partial charge on any atom is -0.507 e. The number of likely N-dealkylation sites (tertiary alicyclic amines) is 1. The number of Topliss-reactive ketones (excluding diaryl/α,β-unsaturated/α-hetero) is 1. The van der Waals surface area contributed by atoms with E-state index in [1.165, 1.54) is 0 Å². The minimum absolute atomic E-state index is 0.0805. The van der Waals surface area contributed by atoms with Gasteiger partial charge in [-0.1, -0.05) is 61.5 Å². The lowest BCUT2D eigenvalue weighted by molar-refractivity contribution is -0.140. The van der Waals surface area contributed by atoms with Crippen molar-refractivity contribution in [1.82, 2.24) is 9.80 Å². The molecule has 1 atom stereocenters. The number of ketones is 1. The van der Waals surface area contributed by atoms with Gasteiger partial charge in [-0.05, 0) is 48.2 Å². The maximum absolute atomic E-state index is 13.5. The second-order valence-corrected chi connectivity index (χ2v) is 10.5. The first-order chi connectivity index (χ1) is 20.5. The van der Waals surface area contributed by atoms with Crippen molar-refractivity contribution in [2.75, 3.05) is 46.0 Å². The highest BCUT2D eigenvalue weighted by molar-refractivity contribution is 6.46. The molecule has 2 aliphatic rings. The molecule has 2 saturated heterocycles. The number of hydrogen-bond acceptors (Lipinski definition) is 7. The summed E-state index contributed by atoms with van der Waals surface area (Å²) in [5.41, 5.74) is 2.30. The summed E-state index contributed by atoms with van der Waals surface area (Å²) in [6.07, 6.45) is 1.54. The van der Waals surface area contributed by atoms with E-state index >= 15 is 0 Å². The summed E-state index contributed by atoms with van der Waals surface area (Å²) in [5.74, 6) is -0.232. The number of morpholine rings is 1. The molecule has 220 valence electrons. The molecule has 0 saturated carbocycles. The molecule has 8 nitrogen and oxygen atoms in total. The van der Waals surface area contributed by atoms with E-state index in [2.05, 4.69) is 4.90 Å². The quantitative estimate of drug-likeness (QED) is 0.182. The molecule has 2 heterocycles. The van der Waals surface area contributed by atoms with Crippen molar-refractivity contribution in [1.29, 1.82) is 0 Å². The zero-order chi connectivity index (χ0) is 29.3. The van der Waals surface area contributed by atoms with Crippen molar-refractivity contribution in [2.24, 2.45) is 0 Å². The number of aliphatic hydroxyl groups excluding tert-OH is 1. The molecule has 8 heteroatoms. The highest BCUT2D eigenvalue weighted by atomic mass is 16.5. The molecule has 2 aliphatic heterocycles. The SMILES string of the molecule is CCCOc1cccc(C(O)=C2C(=O)C(=O)N(CCCN3CCOCC3)C2c2ccc(OCc3ccccc3)cc2)c1. The zero-order valence-corrected chi connectivity index (χ0v) is 24.0. The molecule has 1 amide bonds. The number of carbonyl (C=O) groups excluding carboxylic acids is 2. The van der Waals surface area contributed by atoms with Crippen molar-refractivity contribution in [3.8, 4) is 11.5 Å². The number of rotatable bonds is 12. The molecular weight excluding hydrogens is 532 g/mol. The number of carbonyl (C=O) groups is 2. The van der Waals surface area contributed by atoms with Gasteiger partial charge in [0.05, 0.1) is 31.4 Å². The normalized spacial score (nSPS) is 18.8. The van der Waals surface area contributed by atoms with Crippen LogP contribution in [0, 0.1) is 0 Å². The van der Waals surface area contributed by atoms with Crippen molar-refractivity contribution in [2.45, 2.75) is 32.4 Å². The molecule has 3 aromatic carbocycles. The van der Waals surface area contributed by atoms with Gasteiger partial charge < -0.3 is 24.2 Å². The maximum Gasteiger partial charge on any atom is 0.295 e. The first-order valence-electron chi connectivity index (χ1n) is 14.6. The molecule has 0 aromatic heterocycles. The van der Waals surface area contributed by atoms with Crippen molar-refractivity contribution >= 4 is 17.4 Å². The standard InChI is InChI=1S/C34H38N2O6/c1-2-20-41-29-11-6-10-27(23-29)32(37)30-31(26-12-14-28(15-13-26)42-24-25-8-4-3-5-9-25)36(34(39)33(30)38)17-7-16-35-18-21-40-22-19-35/h3-6,8-15,23,31,37H,2,7,16-22,24H2,1H3. The summed E-state index contributed by atoms with van der Waals surface area (Å²) in [7, 11) is 0. The number of amides is 1. The van der Waals surface area contributed by atoms with Gasteiger partial charge in [-0.15, -0.1) is 0 Å². The third-order valence-corrected chi connectivity index (χ3v) is 7.54. The van der Waals surface area contributed by atoms with Crippen LogP contribution in [0.3, 0.4) is 0 Å². The van der Waals surface area contributed by atoms with Crippen LogP contribution in [-0.2, 0) is 20.9 Å². The Balaban J connectivity index is 1.42. The molecule has 0 radical (unpaired) electrons. The predicted octanol–water partition coefficient (Wildman–Crippen LogP) is 5.20. The highest BCUT2D eigenvalue weighted by Gasteiger charge is 2.45. The summed E-state index contributed by atoms with van der Waals surface area (Å²) in [6, 6.07) is 23.6. The second kappa shape index (κ2) is 14.2.